The Morgan fingerprint density at radius 3 is 2.60 bits per heavy atom. The topological polar surface area (TPSA) is 84.2 Å². The van der Waals surface area contributed by atoms with Gasteiger partial charge < -0.3 is 9.67 Å². The minimum absolute atomic E-state index is 0.0201. The summed E-state index contributed by atoms with van der Waals surface area (Å²) in [5.74, 6) is 0. The molecule has 1 unspecified atom stereocenters. The summed E-state index contributed by atoms with van der Waals surface area (Å²) in [7, 11) is -2.26. The lowest BCUT2D eigenvalue weighted by Gasteiger charge is -2.11. The van der Waals surface area contributed by atoms with Crippen LogP contribution in [0.4, 0.5) is 0 Å². The fraction of sp³-hybridized carbons (Fsp3) is 0.250. The lowest BCUT2D eigenvalue weighted by atomic mass is 10.1. The number of halogens is 1. The molecule has 0 aliphatic carbocycles. The lowest BCUT2D eigenvalue weighted by molar-refractivity contribution is 0.182. The fourth-order valence-electron chi connectivity index (χ4n) is 1.62. The highest BCUT2D eigenvalue weighted by molar-refractivity contribution is 7.89. The highest BCUT2D eigenvalue weighted by Crippen LogP contribution is 2.19. The molecule has 2 aromatic rings. The summed E-state index contributed by atoms with van der Waals surface area (Å²) in [5, 5.41) is 9.69. The van der Waals surface area contributed by atoms with Crippen LogP contribution in [-0.2, 0) is 17.1 Å². The van der Waals surface area contributed by atoms with Crippen LogP contribution in [0, 0.1) is 0 Å². The average Bonchev–Trinajstić information content (AvgIpc) is 2.78. The van der Waals surface area contributed by atoms with Crippen LogP contribution in [0.3, 0.4) is 0 Å². The molecule has 1 heterocycles. The maximum absolute atomic E-state index is 12.0. The van der Waals surface area contributed by atoms with Crippen LogP contribution >= 0.6 is 11.6 Å². The van der Waals surface area contributed by atoms with Crippen molar-refractivity contribution in [3.05, 3.63) is 47.4 Å². The highest BCUT2D eigenvalue weighted by atomic mass is 35.5. The fourth-order valence-corrected chi connectivity index (χ4v) is 3.09. The van der Waals surface area contributed by atoms with Crippen LogP contribution in [0.1, 0.15) is 11.7 Å². The molecule has 2 N–H and O–H groups in total. The summed E-state index contributed by atoms with van der Waals surface area (Å²) >= 11 is 5.84. The van der Waals surface area contributed by atoms with E-state index in [4.69, 9.17) is 11.6 Å². The molecular weight excluding hydrogens is 302 g/mol. The number of aliphatic hydroxyl groups is 1. The molecule has 0 bridgehead atoms. The summed E-state index contributed by atoms with van der Waals surface area (Å²) in [6.45, 7) is -0.154. The third kappa shape index (κ3) is 3.18. The van der Waals surface area contributed by atoms with Crippen LogP contribution in [0.25, 0.3) is 0 Å². The van der Waals surface area contributed by atoms with Gasteiger partial charge in [0.25, 0.3) is 10.0 Å². The minimum atomic E-state index is -3.85. The number of aromatic nitrogens is 2. The zero-order valence-electron chi connectivity index (χ0n) is 10.7. The predicted octanol–water partition coefficient (Wildman–Crippen LogP) is 1.09. The summed E-state index contributed by atoms with van der Waals surface area (Å²) in [4.78, 5) is 3.74. The van der Waals surface area contributed by atoms with E-state index in [9.17, 15) is 13.5 Å². The average molecular weight is 316 g/mol. The Hall–Kier alpha value is -1.41. The second-order valence-corrected chi connectivity index (χ2v) is 6.27. The van der Waals surface area contributed by atoms with E-state index in [1.54, 1.807) is 31.3 Å². The van der Waals surface area contributed by atoms with Gasteiger partial charge in [0.15, 0.2) is 0 Å². The molecule has 0 saturated carbocycles. The molecule has 0 spiro atoms. The van der Waals surface area contributed by atoms with Gasteiger partial charge in [0.1, 0.15) is 5.15 Å². The third-order valence-corrected chi connectivity index (χ3v) is 4.65. The first kappa shape index (κ1) is 15.0. The molecule has 20 heavy (non-hydrogen) atoms. The van der Waals surface area contributed by atoms with Gasteiger partial charge in [-0.3, -0.25) is 0 Å². The van der Waals surface area contributed by atoms with Crippen molar-refractivity contribution in [2.45, 2.75) is 11.1 Å². The Bertz CT molecular complexity index is 685. The molecule has 0 radical (unpaired) electrons. The van der Waals surface area contributed by atoms with E-state index in [-0.39, 0.29) is 16.7 Å². The van der Waals surface area contributed by atoms with Crippen molar-refractivity contribution in [3.8, 4) is 0 Å². The summed E-state index contributed by atoms with van der Waals surface area (Å²) in [5.41, 5.74) is 0.627. The van der Waals surface area contributed by atoms with Gasteiger partial charge in [0, 0.05) is 13.6 Å². The van der Waals surface area contributed by atoms with Crippen molar-refractivity contribution in [2.24, 2.45) is 7.05 Å². The molecule has 2 rings (SSSR count). The van der Waals surface area contributed by atoms with Crippen molar-refractivity contribution in [3.63, 3.8) is 0 Å². The molecule has 6 nitrogen and oxygen atoms in total. The molecule has 0 aliphatic rings. The zero-order chi connectivity index (χ0) is 14.8. The number of hydrogen-bond acceptors (Lipinski definition) is 4. The van der Waals surface area contributed by atoms with Gasteiger partial charge >= 0.3 is 0 Å². The van der Waals surface area contributed by atoms with Gasteiger partial charge in [-0.25, -0.2) is 18.1 Å². The second-order valence-electron chi connectivity index (χ2n) is 4.23. The lowest BCUT2D eigenvalue weighted by Crippen LogP contribution is -2.29. The SMILES string of the molecule is Cn1cnc(S(=O)(=O)NCC(O)c2ccccc2)c1Cl. The largest absolute Gasteiger partial charge is 0.387 e. The normalized spacial score (nSPS) is 13.3. The molecule has 0 saturated heterocycles. The quantitative estimate of drug-likeness (QED) is 0.865. The van der Waals surface area contributed by atoms with Gasteiger partial charge in [-0.1, -0.05) is 41.9 Å². The summed E-state index contributed by atoms with van der Waals surface area (Å²) in [6.07, 6.45) is 0.373. The smallest absolute Gasteiger partial charge is 0.261 e. The number of aliphatic hydroxyl groups excluding tert-OH is 1. The number of hydrogen-bond donors (Lipinski definition) is 2. The number of nitrogens with zero attached hydrogens (tertiary/aromatic N) is 2. The first-order valence-electron chi connectivity index (χ1n) is 5.81. The van der Waals surface area contributed by atoms with Gasteiger partial charge in [-0.2, -0.15) is 0 Å². The van der Waals surface area contributed by atoms with Crippen molar-refractivity contribution in [2.75, 3.05) is 6.54 Å². The first-order valence-corrected chi connectivity index (χ1v) is 7.67. The van der Waals surface area contributed by atoms with Gasteiger partial charge in [-0.05, 0) is 5.56 Å². The Labute approximate surface area is 122 Å². The summed E-state index contributed by atoms with van der Waals surface area (Å²) in [6, 6.07) is 8.78. The Balaban J connectivity index is 2.09. The second kappa shape index (κ2) is 5.92. The van der Waals surface area contributed by atoms with Crippen molar-refractivity contribution in [1.82, 2.24) is 14.3 Å². The van der Waals surface area contributed by atoms with Crippen molar-refractivity contribution in [1.29, 1.82) is 0 Å². The number of aryl methyl sites for hydroxylation is 1. The van der Waals surface area contributed by atoms with Crippen LogP contribution < -0.4 is 4.72 Å². The molecule has 8 heteroatoms. The third-order valence-electron chi connectivity index (χ3n) is 2.74. The van der Waals surface area contributed by atoms with Crippen LogP contribution in [-0.4, -0.2) is 29.6 Å². The highest BCUT2D eigenvalue weighted by Gasteiger charge is 2.23. The molecule has 108 valence electrons. The van der Waals surface area contributed by atoms with Crippen LogP contribution in [0.2, 0.25) is 5.15 Å². The van der Waals surface area contributed by atoms with Crippen LogP contribution in [0.5, 0.6) is 0 Å². The monoisotopic (exact) mass is 315 g/mol. The molecule has 1 aromatic carbocycles. The molecule has 0 fully saturated rings. The Kier molecular flexibility index (Phi) is 4.44. The van der Waals surface area contributed by atoms with E-state index < -0.39 is 16.1 Å². The van der Waals surface area contributed by atoms with Gasteiger partial charge in [0.2, 0.25) is 5.03 Å². The van der Waals surface area contributed by atoms with E-state index in [0.717, 1.165) is 0 Å². The van der Waals surface area contributed by atoms with Gasteiger partial charge in [0.05, 0.1) is 12.4 Å². The maximum atomic E-state index is 12.0. The maximum Gasteiger partial charge on any atom is 0.261 e. The molecule has 0 amide bonds. The molecule has 1 aromatic heterocycles. The number of sulfonamides is 1. The number of benzene rings is 1. The van der Waals surface area contributed by atoms with E-state index >= 15 is 0 Å². The Morgan fingerprint density at radius 1 is 1.40 bits per heavy atom. The minimum Gasteiger partial charge on any atom is -0.387 e. The number of imidazole rings is 1. The first-order chi connectivity index (χ1) is 9.42. The van der Waals surface area contributed by atoms with E-state index in [0.29, 0.717) is 5.56 Å². The van der Waals surface area contributed by atoms with Crippen molar-refractivity contribution < 1.29 is 13.5 Å². The Morgan fingerprint density at radius 2 is 2.05 bits per heavy atom. The number of nitrogens with one attached hydrogen (secondary N) is 1. The van der Waals surface area contributed by atoms with E-state index in [1.807, 2.05) is 6.07 Å². The van der Waals surface area contributed by atoms with E-state index in [2.05, 4.69) is 9.71 Å². The zero-order valence-corrected chi connectivity index (χ0v) is 12.3. The molecular formula is C12H14ClN3O3S. The number of rotatable bonds is 5. The standard InChI is InChI=1S/C12H14ClN3O3S/c1-16-8-14-12(11(16)13)20(18,19)15-7-10(17)9-5-3-2-4-6-9/h2-6,8,10,15,17H,7H2,1H3. The van der Waals surface area contributed by atoms with Crippen molar-refractivity contribution >= 4 is 21.6 Å². The van der Waals surface area contributed by atoms with Crippen LogP contribution in [0.15, 0.2) is 41.7 Å². The van der Waals surface area contributed by atoms with E-state index in [1.165, 1.54) is 10.9 Å². The predicted molar refractivity (Wildman–Crippen MR) is 74.8 cm³/mol. The van der Waals surface area contributed by atoms with Gasteiger partial charge in [-0.15, -0.1) is 0 Å². The molecule has 1 atom stereocenters. The summed E-state index contributed by atoms with van der Waals surface area (Å²) < 4.78 is 27.7. The molecule has 0 aliphatic heterocycles.